The molecule has 0 N–H and O–H groups in total. The van der Waals surface area contributed by atoms with Gasteiger partial charge in [0.15, 0.2) is 0 Å². The molecule has 118 valence electrons. The Hall–Kier alpha value is -3.20. The SMILES string of the molecule is COC(=O)c1cc(C=Cc2ccccc2)cc(-c2ccccn2)c1. The molecule has 0 aliphatic rings. The molecule has 0 radical (unpaired) electrons. The van der Waals surface area contributed by atoms with Crippen LogP contribution in [0, 0.1) is 0 Å². The number of carbonyl (C=O) groups excluding carboxylic acids is 1. The maximum Gasteiger partial charge on any atom is 0.337 e. The van der Waals surface area contributed by atoms with Crippen LogP contribution < -0.4 is 0 Å². The number of carbonyl (C=O) groups is 1. The quantitative estimate of drug-likeness (QED) is 0.517. The highest BCUT2D eigenvalue weighted by molar-refractivity contribution is 5.92. The van der Waals surface area contributed by atoms with E-state index in [2.05, 4.69) is 4.98 Å². The van der Waals surface area contributed by atoms with Gasteiger partial charge >= 0.3 is 5.97 Å². The highest BCUT2D eigenvalue weighted by atomic mass is 16.5. The molecule has 0 atom stereocenters. The van der Waals surface area contributed by atoms with Crippen LogP contribution in [0.4, 0.5) is 0 Å². The molecule has 3 nitrogen and oxygen atoms in total. The highest BCUT2D eigenvalue weighted by Gasteiger charge is 2.09. The summed E-state index contributed by atoms with van der Waals surface area (Å²) in [4.78, 5) is 16.3. The summed E-state index contributed by atoms with van der Waals surface area (Å²) in [6.07, 6.45) is 5.73. The van der Waals surface area contributed by atoms with E-state index in [1.165, 1.54) is 7.11 Å². The van der Waals surface area contributed by atoms with Crippen molar-refractivity contribution in [1.82, 2.24) is 4.98 Å². The van der Waals surface area contributed by atoms with Crippen molar-refractivity contribution in [3.05, 3.63) is 89.6 Å². The standard InChI is InChI=1S/C21H17NO2/c1-24-21(23)19-14-17(11-10-16-7-3-2-4-8-16)13-18(15-19)20-9-5-6-12-22-20/h2-15H,1H3. The number of pyridine rings is 1. The van der Waals surface area contributed by atoms with Crippen molar-refractivity contribution in [2.75, 3.05) is 7.11 Å². The molecular weight excluding hydrogens is 298 g/mol. The molecule has 24 heavy (non-hydrogen) atoms. The van der Waals surface area contributed by atoms with E-state index in [1.807, 2.05) is 72.8 Å². The molecule has 1 heterocycles. The number of aromatic nitrogens is 1. The van der Waals surface area contributed by atoms with Crippen LogP contribution in [0.1, 0.15) is 21.5 Å². The predicted molar refractivity (Wildman–Crippen MR) is 96.4 cm³/mol. The van der Waals surface area contributed by atoms with Crippen LogP contribution in [0.5, 0.6) is 0 Å². The second kappa shape index (κ2) is 7.38. The van der Waals surface area contributed by atoms with Crippen molar-refractivity contribution >= 4 is 18.1 Å². The fourth-order valence-electron chi connectivity index (χ4n) is 2.42. The van der Waals surface area contributed by atoms with E-state index in [4.69, 9.17) is 4.74 Å². The van der Waals surface area contributed by atoms with Gasteiger partial charge in [0.05, 0.1) is 18.4 Å². The second-order valence-electron chi connectivity index (χ2n) is 5.29. The van der Waals surface area contributed by atoms with Crippen molar-refractivity contribution in [3.63, 3.8) is 0 Å². The minimum absolute atomic E-state index is 0.359. The number of hydrogen-bond acceptors (Lipinski definition) is 3. The third-order valence-corrected chi connectivity index (χ3v) is 3.60. The molecule has 3 rings (SSSR count). The number of benzene rings is 2. The lowest BCUT2D eigenvalue weighted by Gasteiger charge is -2.06. The summed E-state index contributed by atoms with van der Waals surface area (Å²) in [7, 11) is 1.38. The van der Waals surface area contributed by atoms with Gasteiger partial charge in [0.2, 0.25) is 0 Å². The number of nitrogens with zero attached hydrogens (tertiary/aromatic N) is 1. The lowest BCUT2D eigenvalue weighted by Crippen LogP contribution is -2.02. The lowest BCUT2D eigenvalue weighted by atomic mass is 10.0. The topological polar surface area (TPSA) is 39.2 Å². The van der Waals surface area contributed by atoms with Crippen molar-refractivity contribution in [3.8, 4) is 11.3 Å². The van der Waals surface area contributed by atoms with Crippen molar-refractivity contribution in [2.24, 2.45) is 0 Å². The third-order valence-electron chi connectivity index (χ3n) is 3.60. The molecule has 1 aromatic heterocycles. The van der Waals surface area contributed by atoms with Crippen LogP contribution in [-0.4, -0.2) is 18.1 Å². The van der Waals surface area contributed by atoms with Crippen molar-refractivity contribution in [2.45, 2.75) is 0 Å². The van der Waals surface area contributed by atoms with E-state index >= 15 is 0 Å². The van der Waals surface area contributed by atoms with Crippen molar-refractivity contribution < 1.29 is 9.53 Å². The fraction of sp³-hybridized carbons (Fsp3) is 0.0476. The first kappa shape index (κ1) is 15.7. The Morgan fingerprint density at radius 1 is 0.917 bits per heavy atom. The highest BCUT2D eigenvalue weighted by Crippen LogP contribution is 2.22. The maximum absolute atomic E-state index is 12.0. The van der Waals surface area contributed by atoms with Crippen LogP contribution in [-0.2, 0) is 4.74 Å². The number of ether oxygens (including phenoxy) is 1. The Morgan fingerprint density at radius 2 is 1.67 bits per heavy atom. The van der Waals surface area contributed by atoms with Crippen LogP contribution in [0.3, 0.4) is 0 Å². The molecular formula is C21H17NO2. The monoisotopic (exact) mass is 315 g/mol. The Labute approximate surface area is 141 Å². The zero-order valence-corrected chi connectivity index (χ0v) is 13.3. The van der Waals surface area contributed by atoms with Crippen LogP contribution in [0.2, 0.25) is 0 Å². The van der Waals surface area contributed by atoms with Gasteiger partial charge in [-0.2, -0.15) is 0 Å². The van der Waals surface area contributed by atoms with E-state index in [0.717, 1.165) is 22.4 Å². The van der Waals surface area contributed by atoms with Gasteiger partial charge in [-0.1, -0.05) is 48.6 Å². The summed E-state index contributed by atoms with van der Waals surface area (Å²) in [5.41, 5.74) is 4.22. The molecule has 3 heteroatoms. The summed E-state index contributed by atoms with van der Waals surface area (Å²) in [5.74, 6) is -0.359. The van der Waals surface area contributed by atoms with Gasteiger partial charge in [0.1, 0.15) is 0 Å². The predicted octanol–water partition coefficient (Wildman–Crippen LogP) is 4.71. The van der Waals surface area contributed by atoms with E-state index < -0.39 is 0 Å². The number of esters is 1. The van der Waals surface area contributed by atoms with Crippen molar-refractivity contribution in [1.29, 1.82) is 0 Å². The Kier molecular flexibility index (Phi) is 4.82. The van der Waals surface area contributed by atoms with Crippen LogP contribution in [0.25, 0.3) is 23.4 Å². The lowest BCUT2D eigenvalue weighted by molar-refractivity contribution is 0.0600. The zero-order chi connectivity index (χ0) is 16.8. The molecule has 0 fully saturated rings. The van der Waals surface area contributed by atoms with E-state index in [-0.39, 0.29) is 5.97 Å². The summed E-state index contributed by atoms with van der Waals surface area (Å²) in [6.45, 7) is 0. The first-order valence-electron chi connectivity index (χ1n) is 7.64. The molecule has 0 spiro atoms. The molecule has 0 amide bonds. The molecule has 0 saturated heterocycles. The first-order valence-corrected chi connectivity index (χ1v) is 7.64. The molecule has 0 aliphatic heterocycles. The van der Waals surface area contributed by atoms with E-state index in [0.29, 0.717) is 5.56 Å². The normalized spacial score (nSPS) is 10.7. The van der Waals surface area contributed by atoms with Gasteiger partial charge in [0, 0.05) is 11.8 Å². The summed E-state index contributed by atoms with van der Waals surface area (Å²) < 4.78 is 4.86. The summed E-state index contributed by atoms with van der Waals surface area (Å²) in [5, 5.41) is 0. The molecule has 0 bridgehead atoms. The number of rotatable bonds is 4. The third kappa shape index (κ3) is 3.76. The smallest absolute Gasteiger partial charge is 0.337 e. The molecule has 0 unspecified atom stereocenters. The Balaban J connectivity index is 2.02. The van der Waals surface area contributed by atoms with Gasteiger partial charge in [-0.15, -0.1) is 0 Å². The summed E-state index contributed by atoms with van der Waals surface area (Å²) >= 11 is 0. The molecule has 3 aromatic rings. The van der Waals surface area contributed by atoms with Gasteiger partial charge in [-0.3, -0.25) is 4.98 Å². The number of hydrogen-bond donors (Lipinski definition) is 0. The van der Waals surface area contributed by atoms with Crippen LogP contribution in [0.15, 0.2) is 72.9 Å². The Morgan fingerprint density at radius 3 is 2.38 bits per heavy atom. The minimum atomic E-state index is -0.359. The molecule has 0 saturated carbocycles. The van der Waals surface area contributed by atoms with Gasteiger partial charge in [0.25, 0.3) is 0 Å². The van der Waals surface area contributed by atoms with Gasteiger partial charge in [-0.25, -0.2) is 4.79 Å². The zero-order valence-electron chi connectivity index (χ0n) is 13.3. The first-order chi connectivity index (χ1) is 11.8. The molecule has 2 aromatic carbocycles. The molecule has 0 aliphatic carbocycles. The van der Waals surface area contributed by atoms with E-state index in [1.54, 1.807) is 12.3 Å². The van der Waals surface area contributed by atoms with E-state index in [9.17, 15) is 4.79 Å². The van der Waals surface area contributed by atoms with Crippen LogP contribution >= 0.6 is 0 Å². The minimum Gasteiger partial charge on any atom is -0.465 e. The van der Waals surface area contributed by atoms with Gasteiger partial charge in [-0.05, 0) is 41.5 Å². The average molecular weight is 315 g/mol. The van der Waals surface area contributed by atoms with Gasteiger partial charge < -0.3 is 4.74 Å². The fourth-order valence-corrected chi connectivity index (χ4v) is 2.42. The average Bonchev–Trinajstić information content (AvgIpc) is 2.67. The number of methoxy groups -OCH3 is 1. The second-order valence-corrected chi connectivity index (χ2v) is 5.29. The maximum atomic E-state index is 12.0. The summed E-state index contributed by atoms with van der Waals surface area (Å²) in [6, 6.07) is 21.3. The largest absolute Gasteiger partial charge is 0.465 e. The Bertz CT molecular complexity index is 856.